The quantitative estimate of drug-likeness (QED) is 0.241. The van der Waals surface area contributed by atoms with E-state index in [2.05, 4.69) is 15.3 Å². The summed E-state index contributed by atoms with van der Waals surface area (Å²) in [4.78, 5) is 21.1. The third-order valence-electron chi connectivity index (χ3n) is 7.32. The molecule has 224 valence electrons. The first kappa shape index (κ1) is 31.6. The summed E-state index contributed by atoms with van der Waals surface area (Å²) >= 11 is 0.505. The van der Waals surface area contributed by atoms with Crippen LogP contribution in [0.4, 0.5) is 17.6 Å². The van der Waals surface area contributed by atoms with E-state index in [-0.39, 0.29) is 34.1 Å². The fraction of sp³-hybridized carbons (Fsp3) is 0.290. The second kappa shape index (κ2) is 12.9. The second-order valence-corrected chi connectivity index (χ2v) is 11.1. The number of nitriles is 1. The Hall–Kier alpha value is -4.37. The van der Waals surface area contributed by atoms with Crippen LogP contribution in [0.5, 0.6) is 5.75 Å². The molecule has 0 amide bonds. The zero-order valence-corrected chi connectivity index (χ0v) is 24.5. The zero-order valence-electron chi connectivity index (χ0n) is 23.7. The third kappa shape index (κ3) is 6.67. The number of alkyl halides is 2. The molecule has 0 unspecified atom stereocenters. The van der Waals surface area contributed by atoms with E-state index >= 15 is 17.6 Å². The predicted octanol–water partition coefficient (Wildman–Crippen LogP) is 6.49. The monoisotopic (exact) mass is 612 g/mol. The van der Waals surface area contributed by atoms with Crippen molar-refractivity contribution in [1.29, 1.82) is 5.26 Å². The SMILES string of the molecule is COC(=O)[C@@H]1SC(NCc2ccc(OC)cc2)=N[C@](C)(c2cc(/C=C(\F)c3ccc(C#N)cn3)ccc2F)[C@H](C)C1(F)F. The van der Waals surface area contributed by atoms with Gasteiger partial charge in [-0.25, -0.2) is 17.6 Å². The standard InChI is InChI=1S/C31H28F4N4O3S/c1-18-30(2,23-13-20(7-11-24(23)32)14-25(33)26-12-8-21(15-36)17-37-26)39-29(43-27(28(40)42-4)31(18,34)35)38-16-19-5-9-22(41-3)10-6-19/h5-14,17-18,27H,16H2,1-4H3,(H,38,39)/b25-14-/t18-,27-,30-/m0/s1. The molecule has 7 nitrogen and oxygen atoms in total. The number of pyridine rings is 1. The fourth-order valence-corrected chi connectivity index (χ4v) is 5.75. The van der Waals surface area contributed by atoms with Crippen LogP contribution in [0.15, 0.2) is 65.8 Å². The van der Waals surface area contributed by atoms with Gasteiger partial charge in [-0.05, 0) is 60.5 Å². The molecule has 0 spiro atoms. The van der Waals surface area contributed by atoms with Gasteiger partial charge in [0.1, 0.15) is 23.5 Å². The van der Waals surface area contributed by atoms with Gasteiger partial charge in [0.2, 0.25) is 0 Å². The van der Waals surface area contributed by atoms with Crippen LogP contribution in [0.1, 0.15) is 41.8 Å². The third-order valence-corrected chi connectivity index (χ3v) is 8.52. The number of nitrogens with one attached hydrogen (secondary N) is 1. The summed E-state index contributed by atoms with van der Waals surface area (Å²) < 4.78 is 72.4. The molecular formula is C31H28F4N4O3S. The van der Waals surface area contributed by atoms with Gasteiger partial charge in [-0.1, -0.05) is 36.9 Å². The number of hydrogen-bond donors (Lipinski definition) is 1. The van der Waals surface area contributed by atoms with Crippen LogP contribution >= 0.6 is 11.8 Å². The van der Waals surface area contributed by atoms with E-state index in [0.717, 1.165) is 24.8 Å². The number of rotatable bonds is 7. The van der Waals surface area contributed by atoms with Crippen molar-refractivity contribution in [2.75, 3.05) is 14.2 Å². The smallest absolute Gasteiger partial charge is 0.325 e. The summed E-state index contributed by atoms with van der Waals surface area (Å²) in [7, 11) is 2.55. The molecule has 1 aromatic heterocycles. The number of carbonyl (C=O) groups is 1. The van der Waals surface area contributed by atoms with Crippen molar-refractivity contribution in [2.24, 2.45) is 10.9 Å². The highest BCUT2D eigenvalue weighted by Crippen LogP contribution is 2.50. The Morgan fingerprint density at radius 3 is 2.49 bits per heavy atom. The Morgan fingerprint density at radius 2 is 1.88 bits per heavy atom. The van der Waals surface area contributed by atoms with Crippen LogP contribution in [0, 0.1) is 23.1 Å². The summed E-state index contributed by atoms with van der Waals surface area (Å²) in [5.41, 5.74) is -1.00. The highest BCUT2D eigenvalue weighted by molar-refractivity contribution is 8.15. The van der Waals surface area contributed by atoms with Crippen molar-refractivity contribution < 1.29 is 31.8 Å². The van der Waals surface area contributed by atoms with Crippen LogP contribution in [0.25, 0.3) is 11.9 Å². The van der Waals surface area contributed by atoms with Gasteiger partial charge in [-0.2, -0.15) is 5.26 Å². The Kier molecular flexibility index (Phi) is 9.45. The van der Waals surface area contributed by atoms with Gasteiger partial charge in [0.05, 0.1) is 36.9 Å². The fourth-order valence-electron chi connectivity index (χ4n) is 4.58. The molecule has 2 heterocycles. The summed E-state index contributed by atoms with van der Waals surface area (Å²) in [6.07, 6.45) is 2.29. The minimum atomic E-state index is -3.70. The molecule has 0 saturated heterocycles. The molecular weight excluding hydrogens is 584 g/mol. The maximum Gasteiger partial charge on any atom is 0.325 e. The molecule has 0 bridgehead atoms. The van der Waals surface area contributed by atoms with Gasteiger partial charge >= 0.3 is 5.97 Å². The number of nitrogens with zero attached hydrogens (tertiary/aromatic N) is 3. The summed E-state index contributed by atoms with van der Waals surface area (Å²) in [5.74, 6) is -7.53. The zero-order chi connectivity index (χ0) is 31.4. The lowest BCUT2D eigenvalue weighted by Crippen LogP contribution is -2.49. The Morgan fingerprint density at radius 1 is 1.16 bits per heavy atom. The molecule has 0 fully saturated rings. The molecule has 1 N–H and O–H groups in total. The Labute approximate surface area is 250 Å². The minimum Gasteiger partial charge on any atom is -0.497 e. The molecule has 12 heteroatoms. The molecule has 0 radical (unpaired) electrons. The number of halogens is 4. The molecule has 3 aromatic rings. The van der Waals surface area contributed by atoms with E-state index in [1.807, 2.05) is 6.07 Å². The van der Waals surface area contributed by atoms with Gasteiger partial charge in [0.15, 0.2) is 10.4 Å². The van der Waals surface area contributed by atoms with Crippen molar-refractivity contribution in [1.82, 2.24) is 10.3 Å². The van der Waals surface area contributed by atoms with Crippen molar-refractivity contribution in [3.05, 3.63) is 94.6 Å². The van der Waals surface area contributed by atoms with Crippen LogP contribution < -0.4 is 10.1 Å². The molecule has 0 aliphatic carbocycles. The van der Waals surface area contributed by atoms with E-state index < -0.39 is 40.2 Å². The van der Waals surface area contributed by atoms with Gasteiger partial charge in [0.25, 0.3) is 5.92 Å². The van der Waals surface area contributed by atoms with E-state index in [4.69, 9.17) is 14.7 Å². The molecule has 43 heavy (non-hydrogen) atoms. The van der Waals surface area contributed by atoms with Crippen molar-refractivity contribution in [2.45, 2.75) is 37.1 Å². The lowest BCUT2D eigenvalue weighted by molar-refractivity contribution is -0.152. The number of benzene rings is 2. The Bertz CT molecular complexity index is 1590. The number of carbonyl (C=O) groups excluding carboxylic acids is 1. The highest BCUT2D eigenvalue weighted by atomic mass is 32.2. The van der Waals surface area contributed by atoms with E-state index in [0.29, 0.717) is 17.5 Å². The average Bonchev–Trinajstić information content (AvgIpc) is 3.09. The summed E-state index contributed by atoms with van der Waals surface area (Å²) in [5, 5.41) is 9.96. The number of amidine groups is 1. The van der Waals surface area contributed by atoms with E-state index in [9.17, 15) is 4.79 Å². The maximum absolute atomic E-state index is 16.0. The second-order valence-electron chi connectivity index (χ2n) is 9.96. The lowest BCUT2D eigenvalue weighted by Gasteiger charge is -2.37. The number of methoxy groups -OCH3 is 2. The number of thioether (sulfide) groups is 1. The summed E-state index contributed by atoms with van der Waals surface area (Å²) in [6.45, 7) is 2.70. The first-order chi connectivity index (χ1) is 20.4. The molecule has 3 atom stereocenters. The first-order valence-corrected chi connectivity index (χ1v) is 13.9. The molecule has 0 saturated carbocycles. The Balaban J connectivity index is 1.77. The number of hydrogen-bond acceptors (Lipinski definition) is 8. The highest BCUT2D eigenvalue weighted by Gasteiger charge is 2.59. The van der Waals surface area contributed by atoms with Crippen LogP contribution in [-0.2, 0) is 21.6 Å². The van der Waals surface area contributed by atoms with E-state index in [1.165, 1.54) is 51.4 Å². The molecule has 2 aromatic carbocycles. The van der Waals surface area contributed by atoms with Gasteiger partial charge < -0.3 is 14.8 Å². The van der Waals surface area contributed by atoms with Gasteiger partial charge in [0, 0.05) is 18.3 Å². The number of ether oxygens (including phenoxy) is 2. The summed E-state index contributed by atoms with van der Waals surface area (Å²) in [6, 6.07) is 15.2. The number of esters is 1. The maximum atomic E-state index is 16.0. The normalized spacial score (nSPS) is 21.7. The minimum absolute atomic E-state index is 0.0222. The average molecular weight is 613 g/mol. The lowest BCUT2D eigenvalue weighted by atomic mass is 9.76. The number of aliphatic imine (C=N–C) groups is 1. The molecule has 1 aliphatic heterocycles. The van der Waals surface area contributed by atoms with E-state index in [1.54, 1.807) is 24.3 Å². The molecule has 1 aliphatic rings. The number of aromatic nitrogens is 1. The largest absolute Gasteiger partial charge is 0.497 e. The van der Waals surface area contributed by atoms with Crippen molar-refractivity contribution in [3.8, 4) is 11.8 Å². The van der Waals surface area contributed by atoms with Crippen molar-refractivity contribution >= 4 is 34.8 Å². The van der Waals surface area contributed by atoms with Crippen LogP contribution in [0.3, 0.4) is 0 Å². The first-order valence-electron chi connectivity index (χ1n) is 13.1. The van der Waals surface area contributed by atoms with Crippen LogP contribution in [-0.4, -0.2) is 41.5 Å². The van der Waals surface area contributed by atoms with Gasteiger partial charge in [-0.3, -0.25) is 14.8 Å². The topological polar surface area (TPSA) is 96.6 Å². The van der Waals surface area contributed by atoms with Crippen LogP contribution in [0.2, 0.25) is 0 Å². The predicted molar refractivity (Wildman–Crippen MR) is 156 cm³/mol. The molecule has 4 rings (SSSR count). The van der Waals surface area contributed by atoms with Crippen molar-refractivity contribution in [3.63, 3.8) is 0 Å². The van der Waals surface area contributed by atoms with Gasteiger partial charge in [-0.15, -0.1) is 0 Å².